The third-order valence-corrected chi connectivity index (χ3v) is 21.7. The smallest absolute Gasteiger partial charge is 0.185 e. The number of morpholine rings is 2. The van der Waals surface area contributed by atoms with Crippen molar-refractivity contribution in [3.63, 3.8) is 0 Å². The van der Waals surface area contributed by atoms with Crippen molar-refractivity contribution in [2.75, 3.05) is 113 Å². The lowest BCUT2D eigenvalue weighted by atomic mass is 10.0. The first-order chi connectivity index (χ1) is 50.5. The molecule has 4 aliphatic heterocycles. The SMILES string of the molecule is CC(C)c1ccc2c(c1)OCCN2C.CC(C)c1ccnc(N2CCOCC2)c1.CC(C)c1ccnn1C.CC(C)c1cnc2c(c1)OCCN2C.Cc1c(C(C)C)cnn1C.Cc1cc(C(C)C)n(C)n1.Cc1nc(C)c(C(C)C)s1.Cc1nc(N2CCOCC2)sc1C(C)C.Cc1noc(C)c1C(C)C. The fourth-order valence-electron chi connectivity index (χ4n) is 12.5. The van der Waals surface area contributed by atoms with E-state index in [0.29, 0.717) is 53.3 Å². The van der Waals surface area contributed by atoms with Crippen LogP contribution in [0.4, 0.5) is 22.5 Å². The van der Waals surface area contributed by atoms with Gasteiger partial charge in [0.1, 0.15) is 30.5 Å². The van der Waals surface area contributed by atoms with Crippen molar-refractivity contribution in [2.24, 2.45) is 21.1 Å². The van der Waals surface area contributed by atoms with Crippen LogP contribution in [0.25, 0.3) is 0 Å². The number of anilines is 4. The van der Waals surface area contributed by atoms with E-state index in [4.69, 9.17) is 23.5 Å². The van der Waals surface area contributed by atoms with Crippen molar-refractivity contribution in [1.82, 2.24) is 54.4 Å². The number of benzene rings is 1. The number of nitrogens with zero attached hydrogens (tertiary/aromatic N) is 15. The van der Waals surface area contributed by atoms with E-state index in [1.165, 1.54) is 81.9 Å². The average molecular weight is 1510 g/mol. The van der Waals surface area contributed by atoms with Crippen LogP contribution in [0.15, 0.2) is 77.8 Å². The molecule has 0 saturated carbocycles. The molecule has 9 aromatic rings. The number of rotatable bonds is 11. The predicted octanol–water partition coefficient (Wildman–Crippen LogP) is 19.7. The largest absolute Gasteiger partial charge is 0.490 e. The summed E-state index contributed by atoms with van der Waals surface area (Å²) in [5.41, 5.74) is 16.1. The second-order valence-electron chi connectivity index (χ2n) is 30.8. The number of thiazole rings is 2. The van der Waals surface area contributed by atoms with Gasteiger partial charge < -0.3 is 43.1 Å². The maximum Gasteiger partial charge on any atom is 0.185 e. The third kappa shape index (κ3) is 28.1. The van der Waals surface area contributed by atoms with E-state index in [2.05, 4.69) is 262 Å². The summed E-state index contributed by atoms with van der Waals surface area (Å²) in [5.74, 6) is 10.1. The number of hydrogen-bond acceptors (Lipinski definition) is 19. The Hall–Kier alpha value is -7.66. The zero-order valence-electron chi connectivity index (χ0n) is 71.2. The van der Waals surface area contributed by atoms with Crippen molar-refractivity contribution >= 4 is 45.1 Å². The molecule has 0 bridgehead atoms. The fraction of sp³-hybridized carbons (Fsp3) is 0.600. The van der Waals surface area contributed by atoms with Crippen LogP contribution in [0.3, 0.4) is 0 Å². The molecule has 2 saturated heterocycles. The Morgan fingerprint density at radius 3 is 1.40 bits per heavy atom. The molecule has 2 fully saturated rings. The molecule has 0 radical (unpaired) electrons. The Balaban J connectivity index is 0.000000217. The number of ether oxygens (including phenoxy) is 4. The van der Waals surface area contributed by atoms with Crippen molar-refractivity contribution in [3.05, 3.63) is 162 Å². The van der Waals surface area contributed by atoms with Crippen LogP contribution >= 0.6 is 22.7 Å². The lowest BCUT2D eigenvalue weighted by molar-refractivity contribution is 0.122. The van der Waals surface area contributed by atoms with Crippen LogP contribution in [0, 0.1) is 48.5 Å². The van der Waals surface area contributed by atoms with Crippen LogP contribution in [0.2, 0.25) is 0 Å². The molecule has 0 spiro atoms. The number of pyridine rings is 2. The Morgan fingerprint density at radius 2 is 0.981 bits per heavy atom. The first-order valence-corrected chi connectivity index (χ1v) is 40.4. The number of aryl methyl sites for hydroxylation is 9. The molecule has 4 aliphatic rings. The molecule has 12 heterocycles. The minimum absolute atomic E-state index is 0.503. The average Bonchev–Trinajstić information content (AvgIpc) is 1.81. The minimum Gasteiger partial charge on any atom is -0.490 e. The molecule has 0 unspecified atom stereocenters. The van der Waals surface area contributed by atoms with Gasteiger partial charge in [-0.15, -0.1) is 22.7 Å². The summed E-state index contributed by atoms with van der Waals surface area (Å²) in [6, 6.07) is 17.1. The second kappa shape index (κ2) is 44.1. The molecule has 0 amide bonds. The highest BCUT2D eigenvalue weighted by atomic mass is 32.1. The van der Waals surface area contributed by atoms with E-state index in [9.17, 15) is 0 Å². The zero-order valence-corrected chi connectivity index (χ0v) is 72.8. The van der Waals surface area contributed by atoms with E-state index >= 15 is 0 Å². The Labute approximate surface area is 652 Å². The molecule has 592 valence electrons. The standard InChI is InChI=1S/C12H18N2O.C12H17NO.C11H18N2OS.C11H16N2O.2C8H14N2.C8H13NO.C8H13NS.C7H12N2/c1-10(2)11-3-4-13-12(9-11)14-5-7-15-8-6-14;1-9(2)10-4-5-11-12(8-10)14-7-6-13(11)3;1-8(2)10-9(3)12-11(15-10)13-4-6-14-7-5-13;1-8(2)9-6-10-11(12-7-9)13(3)4-5-14-10;1-6(2)8-5-9-10(4)7(8)3;1-6(2)8-5-7(3)9-10(8)4;1-5(2)8-6(3)9-10-7(8)4;1-5(2)8-6(3)9-7(4)10-8;1-6(2)7-4-5-8-9(7)3/h3-4,9-10H,5-8H2,1-2H3;4-5,8-9H,6-7H2,1-3H3;8H,4-7H2,1-3H3;6-8H,4-5H2,1-3H3;2*5-6H,1-4H3;2*5H,1-4H3;4-6H,1-3H3. The first-order valence-electron chi connectivity index (χ1n) is 38.7. The van der Waals surface area contributed by atoms with Crippen LogP contribution in [-0.4, -0.2) is 147 Å². The van der Waals surface area contributed by atoms with Crippen molar-refractivity contribution < 1.29 is 23.5 Å². The normalized spacial score (nSPS) is 13.8. The summed E-state index contributed by atoms with van der Waals surface area (Å²) in [6.07, 6.45) is 7.62. The minimum atomic E-state index is 0.503. The van der Waals surface area contributed by atoms with Gasteiger partial charge in [0.15, 0.2) is 16.7 Å². The van der Waals surface area contributed by atoms with Gasteiger partial charge >= 0.3 is 0 Å². The van der Waals surface area contributed by atoms with Gasteiger partial charge in [0.2, 0.25) is 0 Å². The van der Waals surface area contributed by atoms with Gasteiger partial charge in [0.25, 0.3) is 0 Å². The van der Waals surface area contributed by atoms with Crippen LogP contribution in [0.1, 0.15) is 266 Å². The van der Waals surface area contributed by atoms with E-state index < -0.39 is 0 Å². The summed E-state index contributed by atoms with van der Waals surface area (Å²) in [7, 11) is 10.1. The molecule has 8 aromatic heterocycles. The Kier molecular flexibility index (Phi) is 37.1. The van der Waals surface area contributed by atoms with Gasteiger partial charge in [-0.1, -0.05) is 136 Å². The quantitative estimate of drug-likeness (QED) is 0.119. The number of likely N-dealkylation sites (N-methyl/N-ethyl adjacent to an activating group) is 2. The van der Waals surface area contributed by atoms with Crippen LogP contribution in [0.5, 0.6) is 11.5 Å². The van der Waals surface area contributed by atoms with Crippen molar-refractivity contribution in [1.29, 1.82) is 0 Å². The Morgan fingerprint density at radius 1 is 0.430 bits per heavy atom. The van der Waals surface area contributed by atoms with Gasteiger partial charge in [-0.2, -0.15) is 15.3 Å². The van der Waals surface area contributed by atoms with Crippen LogP contribution < -0.4 is 29.1 Å². The maximum atomic E-state index is 5.64. The number of aromatic nitrogens is 11. The molecule has 1 aromatic carbocycles. The third-order valence-electron chi connectivity index (χ3n) is 18.8. The van der Waals surface area contributed by atoms with E-state index in [1.54, 1.807) is 0 Å². The van der Waals surface area contributed by atoms with Gasteiger partial charge in [0.05, 0.1) is 79.2 Å². The highest BCUT2D eigenvalue weighted by Crippen LogP contribution is 2.35. The highest BCUT2D eigenvalue weighted by molar-refractivity contribution is 7.15. The van der Waals surface area contributed by atoms with Gasteiger partial charge in [0, 0.05) is 112 Å². The molecule has 0 atom stereocenters. The molecule has 0 N–H and O–H groups in total. The molecule has 107 heavy (non-hydrogen) atoms. The molecular weight excluding hydrogens is 1380 g/mol. The lowest BCUT2D eigenvalue weighted by Gasteiger charge is -2.28. The highest BCUT2D eigenvalue weighted by Gasteiger charge is 2.21. The Bertz CT molecular complexity index is 3880. The van der Waals surface area contributed by atoms with Crippen molar-refractivity contribution in [3.8, 4) is 11.5 Å². The summed E-state index contributed by atoms with van der Waals surface area (Å²) in [6.45, 7) is 64.2. The van der Waals surface area contributed by atoms with Gasteiger partial charge in [-0.25, -0.2) is 19.9 Å². The molecule has 22 heteroatoms. The molecule has 0 aliphatic carbocycles. The van der Waals surface area contributed by atoms with E-state index in [-0.39, 0.29) is 0 Å². The van der Waals surface area contributed by atoms with Gasteiger partial charge in [-0.3, -0.25) is 14.0 Å². The maximum absolute atomic E-state index is 5.64. The molecule has 13 rings (SSSR count). The summed E-state index contributed by atoms with van der Waals surface area (Å²) >= 11 is 3.64. The predicted molar refractivity (Wildman–Crippen MR) is 449 cm³/mol. The summed E-state index contributed by atoms with van der Waals surface area (Å²) in [5, 5.41) is 18.7. The van der Waals surface area contributed by atoms with E-state index in [1.807, 2.05) is 117 Å². The first kappa shape index (κ1) is 90.0. The topological polar surface area (TPSA) is 181 Å². The monoisotopic (exact) mass is 1510 g/mol. The summed E-state index contributed by atoms with van der Waals surface area (Å²) in [4.78, 5) is 29.7. The van der Waals surface area contributed by atoms with Crippen molar-refractivity contribution in [2.45, 2.75) is 226 Å². The lowest BCUT2D eigenvalue weighted by Crippen LogP contribution is -2.36. The number of fused-ring (bicyclic) bond motifs is 2. The van der Waals surface area contributed by atoms with Crippen LogP contribution in [-0.2, 0) is 30.6 Å². The second-order valence-corrected chi connectivity index (χ2v) is 33.0. The molecule has 20 nitrogen and oxygen atoms in total. The molecular formula is C85H135N15O5S2. The van der Waals surface area contributed by atoms with E-state index in [0.717, 1.165) is 119 Å². The number of hydrogen-bond donors (Lipinski definition) is 0. The summed E-state index contributed by atoms with van der Waals surface area (Å²) < 4.78 is 32.7. The zero-order chi connectivity index (χ0) is 79.5. The fourth-order valence-corrected chi connectivity index (χ4v) is 14.5. The van der Waals surface area contributed by atoms with Gasteiger partial charge in [-0.05, 0) is 166 Å².